The first-order valence-corrected chi connectivity index (χ1v) is 9.44. The minimum atomic E-state index is -3.76. The average Bonchev–Trinajstić information content (AvgIpc) is 3.05. The molecule has 10 nitrogen and oxygen atoms in total. The van der Waals surface area contributed by atoms with Crippen LogP contribution in [0.4, 0.5) is 10.8 Å². The van der Waals surface area contributed by atoms with Crippen LogP contribution in [0.15, 0.2) is 28.6 Å². The molecule has 0 radical (unpaired) electrons. The molecule has 0 fully saturated rings. The van der Waals surface area contributed by atoms with Crippen molar-refractivity contribution in [1.29, 1.82) is 0 Å². The van der Waals surface area contributed by atoms with Gasteiger partial charge in [-0.3, -0.25) is 20.2 Å². The molecule has 0 saturated carbocycles. The number of benzene rings is 1. The fourth-order valence-electron chi connectivity index (χ4n) is 1.97. The number of nitro benzene ring substituents is 1. The number of amides is 1. The van der Waals surface area contributed by atoms with Gasteiger partial charge < -0.3 is 0 Å². The highest BCUT2D eigenvalue weighted by Crippen LogP contribution is 2.24. The van der Waals surface area contributed by atoms with E-state index in [0.29, 0.717) is 11.3 Å². The first-order chi connectivity index (χ1) is 11.8. The lowest BCUT2D eigenvalue weighted by Gasteiger charge is -2.15. The highest BCUT2D eigenvalue weighted by molar-refractivity contribution is 7.91. The summed E-state index contributed by atoms with van der Waals surface area (Å²) in [5, 5.41) is 20.4. The molecule has 0 aliphatic rings. The summed E-state index contributed by atoms with van der Waals surface area (Å²) in [7, 11) is -3.76. The Morgan fingerprint density at radius 2 is 2.00 bits per heavy atom. The maximum atomic E-state index is 12.3. The molecule has 1 aromatic carbocycles. The normalized spacial score (nSPS) is 11.5. The van der Waals surface area contributed by atoms with Crippen LogP contribution in [-0.4, -0.2) is 46.8 Å². The zero-order valence-electron chi connectivity index (χ0n) is 13.4. The lowest BCUT2D eigenvalue weighted by molar-refractivity contribution is -0.384. The van der Waals surface area contributed by atoms with Crippen LogP contribution in [-0.2, 0) is 10.0 Å². The number of hydrogen-bond acceptors (Lipinski definition) is 8. The van der Waals surface area contributed by atoms with Gasteiger partial charge in [0.25, 0.3) is 21.6 Å². The van der Waals surface area contributed by atoms with Gasteiger partial charge in [0, 0.05) is 30.8 Å². The summed E-state index contributed by atoms with van der Waals surface area (Å²) in [6, 6.07) is 5.15. The van der Waals surface area contributed by atoms with Crippen molar-refractivity contribution < 1.29 is 18.1 Å². The maximum absolute atomic E-state index is 12.3. The van der Waals surface area contributed by atoms with Crippen LogP contribution in [0.2, 0.25) is 0 Å². The van der Waals surface area contributed by atoms with Crippen molar-refractivity contribution in [2.24, 2.45) is 0 Å². The van der Waals surface area contributed by atoms with Crippen molar-refractivity contribution in [1.82, 2.24) is 14.5 Å². The Kier molecular flexibility index (Phi) is 5.77. The molecule has 12 heteroatoms. The Labute approximate surface area is 147 Å². The largest absolute Gasteiger partial charge is 0.296 e. The van der Waals surface area contributed by atoms with Crippen molar-refractivity contribution >= 4 is 38.1 Å². The molecule has 2 rings (SSSR count). The fraction of sp³-hybridized carbons (Fsp3) is 0.308. The van der Waals surface area contributed by atoms with Gasteiger partial charge >= 0.3 is 0 Å². The molecule has 25 heavy (non-hydrogen) atoms. The number of nitro groups is 1. The summed E-state index contributed by atoms with van der Waals surface area (Å²) >= 11 is 0.715. The molecule has 134 valence electrons. The van der Waals surface area contributed by atoms with Gasteiger partial charge in [-0.15, -0.1) is 10.2 Å². The van der Waals surface area contributed by atoms with Crippen LogP contribution < -0.4 is 5.32 Å². The molecule has 0 atom stereocenters. The Morgan fingerprint density at radius 1 is 1.32 bits per heavy atom. The number of non-ortho nitro benzene ring substituents is 1. The van der Waals surface area contributed by atoms with E-state index < -0.39 is 20.9 Å². The predicted octanol–water partition coefficient (Wildman–Crippen LogP) is 1.73. The molecule has 1 heterocycles. The van der Waals surface area contributed by atoms with Gasteiger partial charge in [0.1, 0.15) is 0 Å². The zero-order chi connectivity index (χ0) is 18.6. The summed E-state index contributed by atoms with van der Waals surface area (Å²) < 4.78 is 25.6. The number of nitrogens with one attached hydrogen (secondary N) is 1. The summed E-state index contributed by atoms with van der Waals surface area (Å²) in [5.41, 5.74) is -0.174. The van der Waals surface area contributed by atoms with Crippen LogP contribution in [0.5, 0.6) is 0 Å². The molecule has 1 N–H and O–H groups in total. The molecular weight excluding hydrogens is 370 g/mol. The van der Waals surface area contributed by atoms with E-state index in [2.05, 4.69) is 15.5 Å². The number of rotatable bonds is 7. The molecule has 0 aliphatic carbocycles. The number of anilines is 1. The van der Waals surface area contributed by atoms with Crippen LogP contribution in [0, 0.1) is 10.1 Å². The van der Waals surface area contributed by atoms with Crippen molar-refractivity contribution in [3.05, 3.63) is 39.9 Å². The predicted molar refractivity (Wildman–Crippen MR) is 91.1 cm³/mol. The van der Waals surface area contributed by atoms with Crippen LogP contribution >= 0.6 is 11.3 Å². The molecule has 0 spiro atoms. The van der Waals surface area contributed by atoms with E-state index in [0.717, 1.165) is 6.07 Å². The van der Waals surface area contributed by atoms with Gasteiger partial charge in [-0.25, -0.2) is 8.42 Å². The second kappa shape index (κ2) is 7.63. The molecule has 0 bridgehead atoms. The topological polar surface area (TPSA) is 135 Å². The number of hydrogen-bond donors (Lipinski definition) is 1. The first kappa shape index (κ1) is 18.9. The van der Waals surface area contributed by atoms with Gasteiger partial charge in [0.05, 0.1) is 4.92 Å². The van der Waals surface area contributed by atoms with Crippen molar-refractivity contribution in [3.8, 4) is 0 Å². The zero-order valence-corrected chi connectivity index (χ0v) is 15.0. The number of carbonyl (C=O) groups is 1. The quantitative estimate of drug-likeness (QED) is 0.435. The van der Waals surface area contributed by atoms with Crippen LogP contribution in [0.3, 0.4) is 0 Å². The lowest BCUT2D eigenvalue weighted by Crippen LogP contribution is -2.30. The van der Waals surface area contributed by atoms with Gasteiger partial charge in [0.15, 0.2) is 0 Å². The van der Waals surface area contributed by atoms with E-state index in [1.54, 1.807) is 13.8 Å². The van der Waals surface area contributed by atoms with E-state index >= 15 is 0 Å². The van der Waals surface area contributed by atoms with Crippen molar-refractivity contribution in [2.75, 3.05) is 18.4 Å². The molecular formula is C13H15N5O5S2. The Bertz CT molecular complexity index is 892. The van der Waals surface area contributed by atoms with Gasteiger partial charge in [-0.05, 0) is 6.07 Å². The first-order valence-electron chi connectivity index (χ1n) is 7.19. The minimum absolute atomic E-state index is 0.0118. The summed E-state index contributed by atoms with van der Waals surface area (Å²) in [6.45, 7) is 3.97. The van der Waals surface area contributed by atoms with E-state index in [1.807, 2.05) is 0 Å². The third-order valence-corrected chi connectivity index (χ3v) is 6.45. The Hall–Kier alpha value is -2.44. The number of sulfonamides is 1. The summed E-state index contributed by atoms with van der Waals surface area (Å²) in [5.74, 6) is -0.647. The third-order valence-electron chi connectivity index (χ3n) is 3.21. The second-order valence-electron chi connectivity index (χ2n) is 4.72. The summed E-state index contributed by atoms with van der Waals surface area (Å²) in [4.78, 5) is 22.3. The van der Waals surface area contributed by atoms with E-state index in [9.17, 15) is 23.3 Å². The van der Waals surface area contributed by atoms with E-state index in [1.165, 1.54) is 22.5 Å². The number of carbonyl (C=O) groups excluding carboxylic acids is 1. The lowest BCUT2D eigenvalue weighted by atomic mass is 10.2. The molecule has 0 saturated heterocycles. The SMILES string of the molecule is CCN(CC)S(=O)(=O)c1nnc(NC(=O)c2cccc([N+](=O)[O-])c2)s1. The highest BCUT2D eigenvalue weighted by atomic mass is 32.2. The molecule has 0 aliphatic heterocycles. The van der Waals surface area contributed by atoms with Gasteiger partial charge in [-0.1, -0.05) is 31.3 Å². The average molecular weight is 385 g/mol. The number of aromatic nitrogens is 2. The van der Waals surface area contributed by atoms with E-state index in [4.69, 9.17) is 0 Å². The maximum Gasteiger partial charge on any atom is 0.272 e. The highest BCUT2D eigenvalue weighted by Gasteiger charge is 2.26. The number of nitrogens with zero attached hydrogens (tertiary/aromatic N) is 4. The summed E-state index contributed by atoms with van der Waals surface area (Å²) in [6.07, 6.45) is 0. The monoisotopic (exact) mass is 385 g/mol. The van der Waals surface area contributed by atoms with Crippen molar-refractivity contribution in [2.45, 2.75) is 18.2 Å². The smallest absolute Gasteiger partial charge is 0.272 e. The third kappa shape index (κ3) is 4.15. The minimum Gasteiger partial charge on any atom is -0.296 e. The van der Waals surface area contributed by atoms with Crippen molar-refractivity contribution in [3.63, 3.8) is 0 Å². The Morgan fingerprint density at radius 3 is 2.60 bits per heavy atom. The molecule has 1 aromatic heterocycles. The van der Waals surface area contributed by atoms with E-state index in [-0.39, 0.29) is 33.8 Å². The Balaban J connectivity index is 2.20. The molecule has 2 aromatic rings. The second-order valence-corrected chi connectivity index (χ2v) is 7.81. The molecule has 1 amide bonds. The standard InChI is InChI=1S/C13H15N5O5S2/c1-3-17(4-2)25(22,23)13-16-15-12(24-13)14-11(19)9-6-5-7-10(8-9)18(20)21/h5-8H,3-4H2,1-2H3,(H,14,15,19). The van der Waals surface area contributed by atoms with Gasteiger partial charge in [0.2, 0.25) is 9.47 Å². The van der Waals surface area contributed by atoms with Crippen LogP contribution in [0.25, 0.3) is 0 Å². The fourth-order valence-corrected chi connectivity index (χ4v) is 4.46. The van der Waals surface area contributed by atoms with Gasteiger partial charge in [-0.2, -0.15) is 4.31 Å². The van der Waals surface area contributed by atoms with Crippen LogP contribution in [0.1, 0.15) is 24.2 Å². The molecule has 0 unspecified atom stereocenters.